The van der Waals surface area contributed by atoms with E-state index in [1.54, 1.807) is 0 Å². The second-order valence-corrected chi connectivity index (χ2v) is 20.2. The number of unbranched alkanes of at least 4 members (excludes halogenated alkanes) is 4. The molecule has 0 radical (unpaired) electrons. The summed E-state index contributed by atoms with van der Waals surface area (Å²) < 4.78 is 87.7. The van der Waals surface area contributed by atoms with Crippen LogP contribution in [0, 0.1) is 0 Å². The van der Waals surface area contributed by atoms with Gasteiger partial charge < -0.3 is 66.7 Å². The molecule has 0 aromatic heterocycles. The first kappa shape index (κ1) is 55.9. The van der Waals surface area contributed by atoms with Gasteiger partial charge in [0.05, 0.1) is 39.1 Å². The Bertz CT molecular complexity index is 2610. The topological polar surface area (TPSA) is 189 Å². The summed E-state index contributed by atoms with van der Waals surface area (Å²) in [5, 5.41) is 17.3. The Morgan fingerprint density at radius 2 is 1.01 bits per heavy atom. The van der Waals surface area contributed by atoms with Gasteiger partial charge in [-0.25, -0.2) is 0 Å². The minimum absolute atomic E-state index is 0.0298. The predicted octanol–water partition coefficient (Wildman–Crippen LogP) is 10.1. The van der Waals surface area contributed by atoms with Crippen molar-refractivity contribution in [2.45, 2.75) is 163 Å². The molecular formula is C61H71N3O14. The van der Waals surface area contributed by atoms with E-state index in [9.17, 15) is 10.6 Å². The average molecular weight is 1070 g/mol. The van der Waals surface area contributed by atoms with Gasteiger partial charge in [-0.1, -0.05) is 176 Å². The lowest BCUT2D eigenvalue weighted by Crippen LogP contribution is -2.68. The van der Waals surface area contributed by atoms with E-state index in [2.05, 4.69) is 16.6 Å². The van der Waals surface area contributed by atoms with Crippen LogP contribution >= 0.6 is 0 Å². The van der Waals surface area contributed by atoms with Crippen molar-refractivity contribution in [2.24, 2.45) is 5.11 Å². The van der Waals surface area contributed by atoms with Gasteiger partial charge in [0.15, 0.2) is 31.5 Å². The summed E-state index contributed by atoms with van der Waals surface area (Å²) in [6.45, 7) is 6.85. The lowest BCUT2D eigenvalue weighted by Gasteiger charge is -2.53. The smallest absolute Gasteiger partial charge is 0.187 e. The highest BCUT2D eigenvalue weighted by Gasteiger charge is 2.58. The van der Waals surface area contributed by atoms with Gasteiger partial charge in [-0.05, 0) is 48.4 Å². The van der Waals surface area contributed by atoms with E-state index in [1.165, 1.54) is 0 Å². The zero-order chi connectivity index (χ0) is 53.5. The third-order valence-corrected chi connectivity index (χ3v) is 14.7. The van der Waals surface area contributed by atoms with E-state index in [0.29, 0.717) is 6.61 Å². The number of rotatable bonds is 24. The molecule has 5 aromatic carbocycles. The molecule has 5 aliphatic rings. The molecule has 1 N–H and O–H groups in total. The van der Waals surface area contributed by atoms with Crippen molar-refractivity contribution in [3.8, 4) is 0 Å². The quantitative estimate of drug-likeness (QED) is 0.0202. The Hall–Kier alpha value is -5.41. The maximum atomic E-state index is 13.0. The highest BCUT2D eigenvalue weighted by Crippen LogP contribution is 2.42. The number of hydrogen-bond acceptors (Lipinski definition) is 15. The summed E-state index contributed by atoms with van der Waals surface area (Å²) in [7, 11) is 0. The third-order valence-electron chi connectivity index (χ3n) is 14.7. The van der Waals surface area contributed by atoms with Crippen molar-refractivity contribution in [1.29, 1.82) is 0 Å². The van der Waals surface area contributed by atoms with Crippen LogP contribution in [0.1, 0.15) is 79.4 Å². The molecule has 8 unspecified atom stereocenters. The van der Waals surface area contributed by atoms with Gasteiger partial charge in [-0.15, -0.1) is 6.58 Å². The fraction of sp³-hybridized carbons (Fsp3) is 0.475. The van der Waals surface area contributed by atoms with Crippen LogP contribution in [0.4, 0.5) is 0 Å². The first-order chi connectivity index (χ1) is 38.4. The first-order valence-electron chi connectivity index (χ1n) is 27.3. The molecule has 17 nitrogen and oxygen atoms in total. The second-order valence-electron chi connectivity index (χ2n) is 20.2. The van der Waals surface area contributed by atoms with Gasteiger partial charge >= 0.3 is 0 Å². The lowest BCUT2D eigenvalue weighted by atomic mass is 9.94. The normalized spacial score (nSPS) is 32.7. The van der Waals surface area contributed by atoms with Crippen LogP contribution in [0.5, 0.6) is 0 Å². The van der Waals surface area contributed by atoms with E-state index in [0.717, 1.165) is 59.9 Å². The monoisotopic (exact) mass is 1070 g/mol. The third kappa shape index (κ3) is 14.1. The molecule has 5 saturated heterocycles. The lowest BCUT2D eigenvalue weighted by molar-refractivity contribution is -0.414. The molecule has 0 amide bonds. The van der Waals surface area contributed by atoms with Gasteiger partial charge in [-0.3, -0.25) is 0 Å². The number of nitrogens with zero attached hydrogens (tertiary/aromatic N) is 3. The fourth-order valence-corrected chi connectivity index (χ4v) is 10.6. The highest BCUT2D eigenvalue weighted by molar-refractivity contribution is 5.19. The standard InChI is InChI=1S/C61H71N3O14/c1-3-4-5-6-7-23-34-66-59-48(63-64-62)53(52-47(73-59)39-71-58(76-52)45-32-21-12-22-33-45)77-60-54(49(65)51-46(74-60)38-70-57(75-51)44-30-19-11-20-31-44)78-61-56(69-37-43-28-17-10-18-29-43)55(68-36-42-26-15-9-16-27-42)50(40(2)72-61)67-35-41-24-13-8-14-25-41/h3,8-22,24-33,40,46-61,65H,1,4-7,23,34-39H2,2H3/t40?,46?,47?,48?,49-,50-,51-,52-,53+,54?,55+,56?,57?,58?,59+,60-,61-/m0/s1. The van der Waals surface area contributed by atoms with Crippen molar-refractivity contribution in [2.75, 3.05) is 19.8 Å². The van der Waals surface area contributed by atoms with Crippen molar-refractivity contribution in [3.05, 3.63) is 203 Å². The summed E-state index contributed by atoms with van der Waals surface area (Å²) in [6.07, 6.45) is -9.19. The molecule has 5 aliphatic heterocycles. The zero-order valence-electron chi connectivity index (χ0n) is 43.9. The van der Waals surface area contributed by atoms with Crippen LogP contribution in [-0.4, -0.2) is 117 Å². The summed E-state index contributed by atoms with van der Waals surface area (Å²) in [6, 6.07) is 47.5. The summed E-state index contributed by atoms with van der Waals surface area (Å²) in [5.41, 5.74) is 14.6. The first-order valence-corrected chi connectivity index (χ1v) is 27.3. The molecule has 5 aromatic rings. The molecule has 17 heteroatoms. The predicted molar refractivity (Wildman–Crippen MR) is 285 cm³/mol. The number of benzene rings is 5. The maximum Gasteiger partial charge on any atom is 0.187 e. The van der Waals surface area contributed by atoms with E-state index in [-0.39, 0.29) is 33.0 Å². The molecule has 5 heterocycles. The number of aliphatic hydroxyl groups excluding tert-OH is 1. The van der Waals surface area contributed by atoms with Gasteiger partial charge in [0.2, 0.25) is 0 Å². The van der Waals surface area contributed by atoms with E-state index >= 15 is 0 Å². The molecule has 10 rings (SSSR count). The number of azide groups is 1. The van der Waals surface area contributed by atoms with Crippen LogP contribution in [0.3, 0.4) is 0 Å². The van der Waals surface area contributed by atoms with E-state index < -0.39 is 105 Å². The molecule has 0 bridgehead atoms. The molecule has 17 atom stereocenters. The maximum absolute atomic E-state index is 13.0. The second kappa shape index (κ2) is 28.1. The van der Waals surface area contributed by atoms with Crippen molar-refractivity contribution < 1.29 is 66.7 Å². The molecule has 0 aliphatic carbocycles. The Morgan fingerprint density at radius 1 is 0.538 bits per heavy atom. The molecule has 414 valence electrons. The Kier molecular flexibility index (Phi) is 20.2. The molecule has 5 fully saturated rings. The number of fused-ring (bicyclic) bond motifs is 2. The van der Waals surface area contributed by atoms with E-state index in [1.807, 2.05) is 165 Å². The fourth-order valence-electron chi connectivity index (χ4n) is 10.6. The van der Waals surface area contributed by atoms with Gasteiger partial charge in [0.25, 0.3) is 0 Å². The van der Waals surface area contributed by atoms with Crippen LogP contribution in [-0.2, 0) is 81.4 Å². The minimum atomic E-state index is -1.43. The van der Waals surface area contributed by atoms with Crippen LogP contribution in [0.2, 0.25) is 0 Å². The zero-order valence-corrected chi connectivity index (χ0v) is 43.9. The number of hydrogen-bond donors (Lipinski definition) is 1. The van der Waals surface area contributed by atoms with Gasteiger partial charge in [-0.2, -0.15) is 0 Å². The molecular weight excluding hydrogens is 999 g/mol. The SMILES string of the molecule is C=CCCCCCCO[C@@H]1OC2COC(c3ccccc3)O[C@@H]2[C@H](O[C@@H]2OC3COC(c4ccccc4)O[C@@H]3[C@H](O)C2O[C@@H]2OC(C)[C@H](OCc3ccccc3)[C@@H](OCc3ccccc3)C2OCc2ccccc2)C1N=[N+]=[N-]. The number of ether oxygens (including phenoxy) is 13. The van der Waals surface area contributed by atoms with Crippen molar-refractivity contribution in [1.82, 2.24) is 0 Å². The molecule has 0 saturated carbocycles. The summed E-state index contributed by atoms with van der Waals surface area (Å²) >= 11 is 0. The van der Waals surface area contributed by atoms with Crippen LogP contribution < -0.4 is 0 Å². The highest BCUT2D eigenvalue weighted by atomic mass is 16.8. The Balaban J connectivity index is 0.996. The van der Waals surface area contributed by atoms with Crippen LogP contribution in [0.15, 0.2) is 169 Å². The average Bonchev–Trinajstić information content (AvgIpc) is 3.63. The Labute approximate surface area is 456 Å². The number of aliphatic hydroxyl groups is 1. The van der Waals surface area contributed by atoms with Gasteiger partial charge in [0.1, 0.15) is 67.1 Å². The summed E-state index contributed by atoms with van der Waals surface area (Å²) in [5.74, 6) is 0. The largest absolute Gasteiger partial charge is 0.387 e. The Morgan fingerprint density at radius 3 is 1.58 bits per heavy atom. The van der Waals surface area contributed by atoms with Crippen LogP contribution in [0.25, 0.3) is 10.4 Å². The molecule has 78 heavy (non-hydrogen) atoms. The van der Waals surface area contributed by atoms with Crippen molar-refractivity contribution >= 4 is 0 Å². The van der Waals surface area contributed by atoms with E-state index in [4.69, 9.17) is 61.6 Å². The van der Waals surface area contributed by atoms with Crippen molar-refractivity contribution in [3.63, 3.8) is 0 Å². The van der Waals surface area contributed by atoms with Gasteiger partial charge in [0, 0.05) is 22.6 Å². The number of allylic oxidation sites excluding steroid dienone is 1. The molecule has 0 spiro atoms. The summed E-state index contributed by atoms with van der Waals surface area (Å²) in [4.78, 5) is 3.29. The minimum Gasteiger partial charge on any atom is -0.387 e.